The second kappa shape index (κ2) is 9.35. The summed E-state index contributed by atoms with van der Waals surface area (Å²) in [6, 6.07) is 13.9. The number of likely N-dealkylation sites (tertiary alicyclic amines) is 1. The van der Waals surface area contributed by atoms with Crippen LogP contribution < -0.4 is 19.5 Å². The molecule has 1 atom stereocenters. The van der Waals surface area contributed by atoms with Crippen LogP contribution in [-0.4, -0.2) is 45.3 Å². The first-order chi connectivity index (χ1) is 13.7. The van der Waals surface area contributed by atoms with Gasteiger partial charge < -0.3 is 24.4 Å². The van der Waals surface area contributed by atoms with E-state index in [4.69, 9.17) is 14.2 Å². The minimum atomic E-state index is -0.0224. The molecule has 6 heteroatoms. The molecule has 6 nitrogen and oxygen atoms in total. The summed E-state index contributed by atoms with van der Waals surface area (Å²) in [7, 11) is 4.90. The summed E-state index contributed by atoms with van der Waals surface area (Å²) in [5, 5.41) is 3.05. The first-order valence-corrected chi connectivity index (χ1v) is 9.55. The molecule has 1 aliphatic heterocycles. The van der Waals surface area contributed by atoms with Crippen molar-refractivity contribution in [3.63, 3.8) is 0 Å². The molecule has 1 N–H and O–H groups in total. The number of nitrogens with one attached hydrogen (secondary N) is 1. The van der Waals surface area contributed by atoms with Crippen molar-refractivity contribution in [2.24, 2.45) is 0 Å². The number of carbonyl (C=O) groups excluding carboxylic acids is 1. The van der Waals surface area contributed by atoms with Crippen LogP contribution >= 0.6 is 0 Å². The quantitative estimate of drug-likeness (QED) is 0.789. The molecule has 0 saturated carbocycles. The molecule has 0 aliphatic carbocycles. The Labute approximate surface area is 166 Å². The van der Waals surface area contributed by atoms with Crippen molar-refractivity contribution in [3.8, 4) is 17.2 Å². The van der Waals surface area contributed by atoms with Gasteiger partial charge in [-0.05, 0) is 54.7 Å². The average Bonchev–Trinajstić information content (AvgIpc) is 3.23. The van der Waals surface area contributed by atoms with Crippen LogP contribution in [0.4, 0.5) is 4.79 Å². The normalized spacial score (nSPS) is 16.0. The third-order valence-electron chi connectivity index (χ3n) is 5.13. The van der Waals surface area contributed by atoms with Crippen molar-refractivity contribution in [2.75, 3.05) is 34.4 Å². The Morgan fingerprint density at radius 3 is 2.64 bits per heavy atom. The average molecular weight is 384 g/mol. The number of ether oxygens (including phenoxy) is 3. The molecular weight excluding hydrogens is 356 g/mol. The predicted octanol–water partition coefficient (Wildman–Crippen LogP) is 3.80. The van der Waals surface area contributed by atoms with Gasteiger partial charge in [-0.1, -0.05) is 18.2 Å². The van der Waals surface area contributed by atoms with E-state index in [9.17, 15) is 4.79 Å². The van der Waals surface area contributed by atoms with Gasteiger partial charge in [0.1, 0.15) is 5.75 Å². The zero-order valence-corrected chi connectivity index (χ0v) is 16.7. The van der Waals surface area contributed by atoms with Gasteiger partial charge in [-0.2, -0.15) is 0 Å². The highest BCUT2D eigenvalue weighted by Crippen LogP contribution is 2.33. The van der Waals surface area contributed by atoms with Gasteiger partial charge in [0.25, 0.3) is 0 Å². The lowest BCUT2D eigenvalue weighted by atomic mass is 10.0. The third-order valence-corrected chi connectivity index (χ3v) is 5.13. The first kappa shape index (κ1) is 19.9. The van der Waals surface area contributed by atoms with E-state index in [-0.39, 0.29) is 12.1 Å². The Balaban J connectivity index is 1.58. The summed E-state index contributed by atoms with van der Waals surface area (Å²) in [5.41, 5.74) is 2.20. The summed E-state index contributed by atoms with van der Waals surface area (Å²) >= 11 is 0. The topological polar surface area (TPSA) is 60.0 Å². The van der Waals surface area contributed by atoms with E-state index in [1.807, 2.05) is 41.3 Å². The minimum Gasteiger partial charge on any atom is -0.497 e. The fourth-order valence-electron chi connectivity index (χ4n) is 3.66. The largest absolute Gasteiger partial charge is 0.497 e. The van der Waals surface area contributed by atoms with Crippen molar-refractivity contribution < 1.29 is 19.0 Å². The van der Waals surface area contributed by atoms with E-state index >= 15 is 0 Å². The SMILES string of the molecule is COc1cccc(C2CCCN2C(=O)NCCc2ccc(OC)c(OC)c2)c1. The standard InChI is InChI=1S/C22H28N2O4/c1-26-18-7-4-6-17(15-18)19-8-5-13-24(19)22(25)23-12-11-16-9-10-20(27-2)21(14-16)28-3/h4,6-7,9-10,14-15,19H,5,8,11-13H2,1-3H3,(H,23,25). The highest BCUT2D eigenvalue weighted by atomic mass is 16.5. The number of carbonyl (C=O) groups is 1. The fourth-order valence-corrected chi connectivity index (χ4v) is 3.66. The Morgan fingerprint density at radius 1 is 1.07 bits per heavy atom. The van der Waals surface area contributed by atoms with E-state index in [2.05, 4.69) is 11.4 Å². The van der Waals surface area contributed by atoms with Gasteiger partial charge in [0.15, 0.2) is 11.5 Å². The number of amides is 2. The lowest BCUT2D eigenvalue weighted by Crippen LogP contribution is -2.40. The van der Waals surface area contributed by atoms with Gasteiger partial charge in [0.2, 0.25) is 0 Å². The van der Waals surface area contributed by atoms with Crippen LogP contribution in [0.25, 0.3) is 0 Å². The molecule has 2 amide bonds. The molecule has 0 radical (unpaired) electrons. The summed E-state index contributed by atoms with van der Waals surface area (Å²) in [5.74, 6) is 2.22. The first-order valence-electron chi connectivity index (χ1n) is 9.55. The summed E-state index contributed by atoms with van der Waals surface area (Å²) in [6.45, 7) is 1.33. The molecule has 3 rings (SSSR count). The molecule has 28 heavy (non-hydrogen) atoms. The second-order valence-corrected chi connectivity index (χ2v) is 6.80. The molecule has 1 fully saturated rings. The van der Waals surface area contributed by atoms with Crippen LogP contribution in [0, 0.1) is 0 Å². The highest BCUT2D eigenvalue weighted by molar-refractivity contribution is 5.75. The Morgan fingerprint density at radius 2 is 1.89 bits per heavy atom. The molecule has 0 bridgehead atoms. The third kappa shape index (κ3) is 4.50. The minimum absolute atomic E-state index is 0.0224. The van der Waals surface area contributed by atoms with Gasteiger partial charge in [0, 0.05) is 13.1 Å². The maximum absolute atomic E-state index is 12.7. The van der Waals surface area contributed by atoms with Crippen molar-refractivity contribution in [1.29, 1.82) is 0 Å². The van der Waals surface area contributed by atoms with Crippen LogP contribution in [0.1, 0.15) is 30.0 Å². The van der Waals surface area contributed by atoms with Gasteiger partial charge >= 0.3 is 6.03 Å². The molecular formula is C22H28N2O4. The predicted molar refractivity (Wildman–Crippen MR) is 108 cm³/mol. The number of urea groups is 1. The molecule has 0 aromatic heterocycles. The lowest BCUT2D eigenvalue weighted by molar-refractivity contribution is 0.193. The van der Waals surface area contributed by atoms with Crippen LogP contribution in [0.5, 0.6) is 17.2 Å². The van der Waals surface area contributed by atoms with Gasteiger partial charge in [-0.25, -0.2) is 4.79 Å². The van der Waals surface area contributed by atoms with E-state index < -0.39 is 0 Å². The zero-order chi connectivity index (χ0) is 19.9. The van der Waals surface area contributed by atoms with Gasteiger partial charge in [0.05, 0.1) is 27.4 Å². The van der Waals surface area contributed by atoms with Crippen LogP contribution in [0.3, 0.4) is 0 Å². The number of rotatable bonds is 7. The van der Waals surface area contributed by atoms with Crippen molar-refractivity contribution in [1.82, 2.24) is 10.2 Å². The number of methoxy groups -OCH3 is 3. The summed E-state index contributed by atoms with van der Waals surface area (Å²) < 4.78 is 15.9. The number of hydrogen-bond donors (Lipinski definition) is 1. The fraction of sp³-hybridized carbons (Fsp3) is 0.409. The van der Waals surface area contributed by atoms with Crippen LogP contribution in [-0.2, 0) is 6.42 Å². The van der Waals surface area contributed by atoms with Crippen LogP contribution in [0.2, 0.25) is 0 Å². The Kier molecular flexibility index (Phi) is 6.63. The Hall–Kier alpha value is -2.89. The Bertz CT molecular complexity index is 809. The molecule has 2 aromatic carbocycles. The van der Waals surface area contributed by atoms with Crippen molar-refractivity contribution in [2.45, 2.75) is 25.3 Å². The molecule has 1 unspecified atom stereocenters. The molecule has 1 aliphatic rings. The summed E-state index contributed by atoms with van der Waals surface area (Å²) in [4.78, 5) is 14.7. The van der Waals surface area contributed by atoms with Gasteiger partial charge in [-0.15, -0.1) is 0 Å². The van der Waals surface area contributed by atoms with E-state index in [1.54, 1.807) is 21.3 Å². The number of benzene rings is 2. The zero-order valence-electron chi connectivity index (χ0n) is 16.7. The highest BCUT2D eigenvalue weighted by Gasteiger charge is 2.29. The van der Waals surface area contributed by atoms with Crippen molar-refractivity contribution in [3.05, 3.63) is 53.6 Å². The van der Waals surface area contributed by atoms with E-state index in [1.165, 1.54) is 0 Å². The molecule has 1 saturated heterocycles. The maximum atomic E-state index is 12.7. The monoisotopic (exact) mass is 384 g/mol. The molecule has 150 valence electrons. The second-order valence-electron chi connectivity index (χ2n) is 6.80. The van der Waals surface area contributed by atoms with E-state index in [0.29, 0.717) is 18.0 Å². The van der Waals surface area contributed by atoms with Gasteiger partial charge in [-0.3, -0.25) is 0 Å². The smallest absolute Gasteiger partial charge is 0.317 e. The van der Waals surface area contributed by atoms with Crippen LogP contribution in [0.15, 0.2) is 42.5 Å². The maximum Gasteiger partial charge on any atom is 0.317 e. The number of hydrogen-bond acceptors (Lipinski definition) is 4. The molecule has 2 aromatic rings. The summed E-state index contributed by atoms with van der Waals surface area (Å²) in [6.07, 6.45) is 2.70. The van der Waals surface area contributed by atoms with E-state index in [0.717, 1.165) is 42.7 Å². The molecule has 0 spiro atoms. The lowest BCUT2D eigenvalue weighted by Gasteiger charge is -2.25. The van der Waals surface area contributed by atoms with Crippen molar-refractivity contribution >= 4 is 6.03 Å². The number of nitrogens with zero attached hydrogens (tertiary/aromatic N) is 1. The molecule has 1 heterocycles.